The largest absolute Gasteiger partial charge is 0.392 e. The number of hydrogen-bond acceptors (Lipinski definition) is 3. The first-order valence-electron chi connectivity index (χ1n) is 5.00. The van der Waals surface area contributed by atoms with Gasteiger partial charge in [0.05, 0.1) is 10.2 Å². The molecule has 0 heterocycles. The van der Waals surface area contributed by atoms with E-state index in [-0.39, 0.29) is 5.41 Å². The molecular weight excluding hydrogens is 224 g/mol. The predicted octanol–water partition coefficient (Wildman–Crippen LogP) is 0.921. The topological polar surface area (TPSA) is 35.5 Å². The summed E-state index contributed by atoms with van der Waals surface area (Å²) >= 11 is 0. The molecule has 0 rings (SSSR count). The molecule has 15 heavy (non-hydrogen) atoms. The quantitative estimate of drug-likeness (QED) is 0.516. The molecular formula is C10H22O3Si2. The Kier molecular flexibility index (Phi) is 11.3. The molecule has 0 atom stereocenters. The van der Waals surface area contributed by atoms with Crippen LogP contribution in [0.15, 0.2) is 24.9 Å². The summed E-state index contributed by atoms with van der Waals surface area (Å²) in [5, 5.41) is 0.157. The highest BCUT2D eigenvalue weighted by Gasteiger charge is 2.25. The van der Waals surface area contributed by atoms with Crippen molar-refractivity contribution < 1.29 is 13.6 Å². The molecule has 0 fully saturated rings. The molecule has 0 aliphatic carbocycles. The fourth-order valence-electron chi connectivity index (χ4n) is 0.733. The van der Waals surface area contributed by atoms with Crippen molar-refractivity contribution in [2.24, 2.45) is 0 Å². The van der Waals surface area contributed by atoms with Gasteiger partial charge in [0, 0.05) is 13.2 Å². The zero-order valence-corrected chi connectivity index (χ0v) is 13.2. The van der Waals surface area contributed by atoms with Gasteiger partial charge >= 0.3 is 8.56 Å². The summed E-state index contributed by atoms with van der Waals surface area (Å²) in [5.41, 5.74) is 1.81. The molecule has 0 aromatic carbocycles. The van der Waals surface area contributed by atoms with E-state index < -0.39 is 8.56 Å². The van der Waals surface area contributed by atoms with Crippen LogP contribution >= 0.6 is 0 Å². The maximum absolute atomic E-state index is 9.76. The van der Waals surface area contributed by atoms with Crippen LogP contribution in [0, 0.1) is 0 Å². The van der Waals surface area contributed by atoms with Crippen LogP contribution in [-0.4, -0.2) is 37.4 Å². The van der Waals surface area contributed by atoms with Gasteiger partial charge in [-0.05, 0) is 32.2 Å². The Labute approximate surface area is 96.8 Å². The highest BCUT2D eigenvalue weighted by Crippen LogP contribution is 2.06. The zero-order chi connectivity index (χ0) is 12.3. The molecule has 3 nitrogen and oxygen atoms in total. The third-order valence-corrected chi connectivity index (χ3v) is 4.39. The van der Waals surface area contributed by atoms with Crippen molar-refractivity contribution in [3.8, 4) is 0 Å². The van der Waals surface area contributed by atoms with Crippen LogP contribution in [0.3, 0.4) is 0 Å². The van der Waals surface area contributed by atoms with Gasteiger partial charge in [-0.25, -0.2) is 0 Å². The summed E-state index contributed by atoms with van der Waals surface area (Å²) in [6, 6.07) is 0. The zero-order valence-electron chi connectivity index (χ0n) is 10.2. The van der Waals surface area contributed by atoms with Gasteiger partial charge in [0.1, 0.15) is 5.41 Å². The summed E-state index contributed by atoms with van der Waals surface area (Å²) in [5.74, 6) is 0. The Morgan fingerprint density at radius 2 is 1.67 bits per heavy atom. The van der Waals surface area contributed by atoms with Crippen molar-refractivity contribution in [3.63, 3.8) is 0 Å². The van der Waals surface area contributed by atoms with E-state index in [2.05, 4.69) is 13.2 Å². The van der Waals surface area contributed by atoms with Crippen LogP contribution in [0.2, 0.25) is 6.55 Å². The predicted molar refractivity (Wildman–Crippen MR) is 70.2 cm³/mol. The smallest absolute Gasteiger partial charge is 0.361 e. The van der Waals surface area contributed by atoms with Gasteiger partial charge in [-0.2, -0.15) is 0 Å². The molecule has 0 aromatic rings. The average Bonchev–Trinajstić information content (AvgIpc) is 2.19. The van der Waals surface area contributed by atoms with Crippen molar-refractivity contribution in [2.45, 2.75) is 20.4 Å². The van der Waals surface area contributed by atoms with Crippen LogP contribution < -0.4 is 0 Å². The number of carbonyl (C=O) groups is 1. The minimum absolute atomic E-state index is 0.157. The van der Waals surface area contributed by atoms with E-state index in [4.69, 9.17) is 8.85 Å². The summed E-state index contributed by atoms with van der Waals surface area (Å²) in [6.45, 7) is 14.3. The Morgan fingerprint density at radius 1 is 1.33 bits per heavy atom. The molecule has 0 amide bonds. The van der Waals surface area contributed by atoms with E-state index in [1.165, 1.54) is 6.08 Å². The van der Waals surface area contributed by atoms with Crippen LogP contribution in [0.4, 0.5) is 0 Å². The number of hydrogen-bond donors (Lipinski definition) is 0. The molecule has 0 unspecified atom stereocenters. The summed E-state index contributed by atoms with van der Waals surface area (Å²) in [7, 11) is -1.35. The Morgan fingerprint density at radius 3 is 1.80 bits per heavy atom. The van der Waals surface area contributed by atoms with Gasteiger partial charge in [-0.1, -0.05) is 6.58 Å². The summed E-state index contributed by atoms with van der Waals surface area (Å²) in [4.78, 5) is 9.76. The number of allylic oxidation sites excluding steroid dienone is 1. The molecule has 0 aliphatic rings. The fourth-order valence-corrected chi connectivity index (χ4v) is 2.20. The second-order valence-electron chi connectivity index (χ2n) is 2.90. The first kappa shape index (κ1) is 16.9. The molecule has 0 bridgehead atoms. The van der Waals surface area contributed by atoms with E-state index >= 15 is 0 Å². The molecule has 0 aliphatic heterocycles. The molecule has 0 saturated carbocycles. The molecule has 0 spiro atoms. The third kappa shape index (κ3) is 11.4. The first-order valence-corrected chi connectivity index (χ1v) is 8.39. The first-order chi connectivity index (χ1) is 6.95. The average molecular weight is 246 g/mol. The lowest BCUT2D eigenvalue weighted by atomic mass is 10.7. The van der Waals surface area contributed by atoms with Gasteiger partial charge in [0.15, 0.2) is 0 Å². The van der Waals surface area contributed by atoms with E-state index in [0.717, 1.165) is 0 Å². The number of carbonyl (C=O) groups excluding carboxylic acids is 1. The minimum Gasteiger partial charge on any atom is -0.392 e. The Bertz CT molecular complexity index is 199. The van der Waals surface area contributed by atoms with Gasteiger partial charge in [-0.3, -0.25) is 0 Å². The molecule has 88 valence electrons. The van der Waals surface area contributed by atoms with Crippen LogP contribution in [-0.2, 0) is 13.6 Å². The van der Waals surface area contributed by atoms with Crippen molar-refractivity contribution in [1.82, 2.24) is 0 Å². The van der Waals surface area contributed by atoms with Crippen molar-refractivity contribution >= 4 is 24.2 Å². The van der Waals surface area contributed by atoms with Crippen molar-refractivity contribution in [1.29, 1.82) is 0 Å². The van der Waals surface area contributed by atoms with E-state index in [1.54, 1.807) is 5.70 Å². The lowest BCUT2D eigenvalue weighted by Crippen LogP contribution is -2.36. The minimum atomic E-state index is -1.96. The van der Waals surface area contributed by atoms with Gasteiger partial charge in [0.2, 0.25) is 0 Å². The SMILES string of the molecule is C=CC(=O)[SiH3].C=C[Si](C)(OCC)OCC. The van der Waals surface area contributed by atoms with Crippen LogP contribution in [0.5, 0.6) is 0 Å². The lowest BCUT2D eigenvalue weighted by Gasteiger charge is -2.21. The monoisotopic (exact) mass is 246 g/mol. The van der Waals surface area contributed by atoms with E-state index in [1.807, 2.05) is 20.4 Å². The maximum atomic E-state index is 9.76. The van der Waals surface area contributed by atoms with Gasteiger partial charge < -0.3 is 13.6 Å². The molecule has 0 aromatic heterocycles. The Balaban J connectivity index is 0. The molecule has 0 N–H and O–H groups in total. The summed E-state index contributed by atoms with van der Waals surface area (Å²) < 4.78 is 10.8. The van der Waals surface area contributed by atoms with Crippen molar-refractivity contribution in [2.75, 3.05) is 13.2 Å². The standard InChI is InChI=1S/C7H16O2Si.C3H6OSi/c1-5-8-10(4,7-3)9-6-2;1-2-3(4)5/h7H,3,5-6H2,1-2,4H3;2H,1H2,5H3. The molecule has 5 heteroatoms. The van der Waals surface area contributed by atoms with E-state index in [9.17, 15) is 4.79 Å². The maximum Gasteiger partial charge on any atom is 0.361 e. The van der Waals surface area contributed by atoms with Crippen LogP contribution in [0.1, 0.15) is 13.8 Å². The number of rotatable bonds is 6. The van der Waals surface area contributed by atoms with Crippen LogP contribution in [0.25, 0.3) is 0 Å². The van der Waals surface area contributed by atoms with E-state index in [0.29, 0.717) is 23.5 Å². The second kappa shape index (κ2) is 10.0. The lowest BCUT2D eigenvalue weighted by molar-refractivity contribution is -0.107. The normalized spacial score (nSPS) is 10.1. The molecule has 0 radical (unpaired) electrons. The van der Waals surface area contributed by atoms with Gasteiger partial charge in [-0.15, -0.1) is 6.58 Å². The summed E-state index contributed by atoms with van der Waals surface area (Å²) in [6.07, 6.45) is 1.34. The highest BCUT2D eigenvalue weighted by molar-refractivity contribution is 6.71. The third-order valence-electron chi connectivity index (χ3n) is 1.52. The highest BCUT2D eigenvalue weighted by atomic mass is 28.4. The Hall–Kier alpha value is -0.496. The molecule has 0 saturated heterocycles. The van der Waals surface area contributed by atoms with Gasteiger partial charge in [0.25, 0.3) is 0 Å². The fraction of sp³-hybridized carbons (Fsp3) is 0.500. The van der Waals surface area contributed by atoms with Crippen molar-refractivity contribution in [3.05, 3.63) is 24.9 Å². The second-order valence-corrected chi connectivity index (χ2v) is 6.90.